The van der Waals surface area contributed by atoms with Crippen molar-refractivity contribution < 1.29 is 0 Å². The van der Waals surface area contributed by atoms with Crippen LogP contribution in [0.25, 0.3) is 5.57 Å². The first kappa shape index (κ1) is 12.0. The van der Waals surface area contributed by atoms with E-state index in [0.29, 0.717) is 0 Å². The van der Waals surface area contributed by atoms with Gasteiger partial charge in [0, 0.05) is 16.9 Å². The van der Waals surface area contributed by atoms with Crippen molar-refractivity contribution in [2.75, 3.05) is 5.32 Å². The summed E-state index contributed by atoms with van der Waals surface area (Å²) in [7, 11) is 0. The summed E-state index contributed by atoms with van der Waals surface area (Å²) in [6.45, 7) is 0. The Labute approximate surface area is 115 Å². The van der Waals surface area contributed by atoms with Crippen molar-refractivity contribution in [3.8, 4) is 0 Å². The van der Waals surface area contributed by atoms with E-state index in [4.69, 9.17) is 0 Å². The van der Waals surface area contributed by atoms with Crippen molar-refractivity contribution in [3.63, 3.8) is 0 Å². The zero-order chi connectivity index (χ0) is 12.9. The van der Waals surface area contributed by atoms with Crippen LogP contribution >= 0.6 is 0 Å². The fraction of sp³-hybridized carbons (Fsp3) is 0.222. The summed E-state index contributed by atoms with van der Waals surface area (Å²) in [6.07, 6.45) is 17.9. The third-order valence-corrected chi connectivity index (χ3v) is 3.56. The van der Waals surface area contributed by atoms with Gasteiger partial charge in [-0.05, 0) is 43.4 Å². The molecule has 0 saturated heterocycles. The molecule has 2 aliphatic carbocycles. The highest BCUT2D eigenvalue weighted by atomic mass is 14.9. The Morgan fingerprint density at radius 1 is 0.947 bits per heavy atom. The van der Waals surface area contributed by atoms with E-state index < -0.39 is 0 Å². The Kier molecular flexibility index (Phi) is 3.64. The van der Waals surface area contributed by atoms with Gasteiger partial charge < -0.3 is 5.32 Å². The third-order valence-electron chi connectivity index (χ3n) is 3.56. The van der Waals surface area contributed by atoms with Gasteiger partial charge in [-0.15, -0.1) is 0 Å². The predicted octanol–water partition coefficient (Wildman–Crippen LogP) is 5.07. The molecule has 0 atom stereocenters. The average molecular weight is 249 g/mol. The fourth-order valence-corrected chi connectivity index (χ4v) is 2.56. The maximum Gasteiger partial charge on any atom is 0.0460 e. The molecule has 0 unspecified atom stereocenters. The van der Waals surface area contributed by atoms with E-state index in [0.717, 1.165) is 25.7 Å². The molecule has 1 heteroatoms. The first-order valence-corrected chi connectivity index (χ1v) is 7.02. The van der Waals surface area contributed by atoms with E-state index in [9.17, 15) is 0 Å². The minimum Gasteiger partial charge on any atom is -0.355 e. The number of nitrogens with one attached hydrogen (secondary N) is 1. The Bertz CT molecular complexity index is 573. The monoisotopic (exact) mass is 249 g/mol. The third kappa shape index (κ3) is 2.87. The smallest absolute Gasteiger partial charge is 0.0460 e. The van der Waals surface area contributed by atoms with Crippen molar-refractivity contribution >= 4 is 11.3 Å². The zero-order valence-electron chi connectivity index (χ0n) is 11.1. The highest BCUT2D eigenvalue weighted by molar-refractivity contribution is 5.79. The van der Waals surface area contributed by atoms with Gasteiger partial charge in [0.1, 0.15) is 0 Å². The van der Waals surface area contributed by atoms with Crippen LogP contribution in [0.3, 0.4) is 0 Å². The molecule has 0 amide bonds. The van der Waals surface area contributed by atoms with Gasteiger partial charge in [0.05, 0.1) is 0 Å². The van der Waals surface area contributed by atoms with Gasteiger partial charge in [-0.2, -0.15) is 0 Å². The number of rotatable bonds is 3. The molecule has 1 aromatic carbocycles. The highest BCUT2D eigenvalue weighted by Crippen LogP contribution is 2.30. The molecule has 0 fully saturated rings. The molecule has 19 heavy (non-hydrogen) atoms. The SMILES string of the molecule is C1=CCCC(c2ccccc2NC2=CCCC=C2)=C1. The molecule has 0 aromatic heterocycles. The van der Waals surface area contributed by atoms with Gasteiger partial charge in [-0.3, -0.25) is 0 Å². The van der Waals surface area contributed by atoms with E-state index in [2.05, 4.69) is 66.0 Å². The highest BCUT2D eigenvalue weighted by Gasteiger charge is 2.09. The lowest BCUT2D eigenvalue weighted by Gasteiger charge is -2.17. The Balaban J connectivity index is 1.89. The van der Waals surface area contributed by atoms with Crippen molar-refractivity contribution in [2.24, 2.45) is 0 Å². The van der Waals surface area contributed by atoms with Crippen molar-refractivity contribution in [1.82, 2.24) is 0 Å². The average Bonchev–Trinajstić information content (AvgIpc) is 2.50. The molecule has 0 radical (unpaired) electrons. The normalized spacial score (nSPS) is 17.9. The number of hydrogen-bond acceptors (Lipinski definition) is 1. The first-order valence-electron chi connectivity index (χ1n) is 7.02. The molecule has 0 heterocycles. The maximum atomic E-state index is 3.56. The van der Waals surface area contributed by atoms with Crippen LogP contribution in [0.2, 0.25) is 0 Å². The van der Waals surface area contributed by atoms with Crippen LogP contribution in [0, 0.1) is 0 Å². The second-order valence-corrected chi connectivity index (χ2v) is 4.97. The minimum absolute atomic E-state index is 1.13. The first-order chi connectivity index (χ1) is 9.43. The van der Waals surface area contributed by atoms with Crippen molar-refractivity contribution in [1.29, 1.82) is 0 Å². The van der Waals surface area contributed by atoms with Crippen LogP contribution < -0.4 is 5.32 Å². The van der Waals surface area contributed by atoms with Gasteiger partial charge in [-0.25, -0.2) is 0 Å². The predicted molar refractivity (Wildman–Crippen MR) is 82.9 cm³/mol. The quantitative estimate of drug-likeness (QED) is 0.789. The van der Waals surface area contributed by atoms with E-state index >= 15 is 0 Å². The summed E-state index contributed by atoms with van der Waals surface area (Å²) >= 11 is 0. The van der Waals surface area contributed by atoms with Crippen LogP contribution in [-0.2, 0) is 0 Å². The molecular weight excluding hydrogens is 230 g/mol. The minimum atomic E-state index is 1.13. The Hall–Kier alpha value is -2.02. The number of allylic oxidation sites excluding steroid dienone is 7. The molecule has 0 aliphatic heterocycles. The van der Waals surface area contributed by atoms with Crippen LogP contribution in [-0.4, -0.2) is 0 Å². The summed E-state index contributed by atoms with van der Waals surface area (Å²) in [5.41, 5.74) is 5.17. The van der Waals surface area contributed by atoms with E-state index in [1.54, 1.807) is 0 Å². The van der Waals surface area contributed by atoms with Crippen LogP contribution in [0.15, 0.2) is 66.4 Å². The molecule has 2 aliphatic rings. The topological polar surface area (TPSA) is 12.0 Å². The molecule has 0 bridgehead atoms. The van der Waals surface area contributed by atoms with Gasteiger partial charge in [0.15, 0.2) is 0 Å². The second kappa shape index (κ2) is 5.75. The van der Waals surface area contributed by atoms with Gasteiger partial charge in [-0.1, -0.05) is 48.6 Å². The fourth-order valence-electron chi connectivity index (χ4n) is 2.56. The number of benzene rings is 1. The Morgan fingerprint density at radius 3 is 2.68 bits per heavy atom. The van der Waals surface area contributed by atoms with E-state index in [-0.39, 0.29) is 0 Å². The Morgan fingerprint density at radius 2 is 1.89 bits per heavy atom. The molecule has 3 rings (SSSR count). The lowest BCUT2D eigenvalue weighted by Crippen LogP contribution is -2.02. The summed E-state index contributed by atoms with van der Waals surface area (Å²) in [5.74, 6) is 0. The second-order valence-electron chi connectivity index (χ2n) is 4.97. The number of anilines is 1. The van der Waals surface area contributed by atoms with Crippen molar-refractivity contribution in [2.45, 2.75) is 25.7 Å². The largest absolute Gasteiger partial charge is 0.355 e. The van der Waals surface area contributed by atoms with Crippen LogP contribution in [0.1, 0.15) is 31.2 Å². The maximum absolute atomic E-state index is 3.56. The molecule has 96 valence electrons. The molecule has 1 nitrogen and oxygen atoms in total. The number of para-hydroxylation sites is 1. The lowest BCUT2D eigenvalue weighted by molar-refractivity contribution is 1.02. The van der Waals surface area contributed by atoms with Crippen LogP contribution in [0.5, 0.6) is 0 Å². The lowest BCUT2D eigenvalue weighted by atomic mass is 9.96. The summed E-state index contributed by atoms with van der Waals surface area (Å²) < 4.78 is 0. The van der Waals surface area contributed by atoms with E-state index in [1.807, 2.05) is 0 Å². The zero-order valence-corrected chi connectivity index (χ0v) is 11.1. The van der Waals surface area contributed by atoms with Gasteiger partial charge in [0.2, 0.25) is 0 Å². The molecule has 1 N–H and O–H groups in total. The number of hydrogen-bond donors (Lipinski definition) is 1. The summed E-state index contributed by atoms with van der Waals surface area (Å²) in [6, 6.07) is 8.58. The summed E-state index contributed by atoms with van der Waals surface area (Å²) in [4.78, 5) is 0. The molecular formula is C18H19N. The van der Waals surface area contributed by atoms with Crippen LogP contribution in [0.4, 0.5) is 5.69 Å². The van der Waals surface area contributed by atoms with Gasteiger partial charge in [0.25, 0.3) is 0 Å². The van der Waals surface area contributed by atoms with E-state index in [1.165, 1.54) is 22.5 Å². The van der Waals surface area contributed by atoms with Crippen molar-refractivity contribution in [3.05, 3.63) is 72.0 Å². The van der Waals surface area contributed by atoms with Gasteiger partial charge >= 0.3 is 0 Å². The molecule has 0 saturated carbocycles. The standard InChI is InChI=1S/C18H19N/c1-3-9-15(10-4-1)17-13-7-8-14-18(17)19-16-11-5-2-6-12-16/h1,3,5,7-9,11-14,19H,2,4,6,10H2. The molecule has 1 aromatic rings. The summed E-state index contributed by atoms with van der Waals surface area (Å²) in [5, 5.41) is 3.56. The molecule has 0 spiro atoms.